The van der Waals surface area contributed by atoms with Gasteiger partial charge in [-0.1, -0.05) is 25.7 Å². The van der Waals surface area contributed by atoms with Crippen molar-refractivity contribution < 1.29 is 9.13 Å². The van der Waals surface area contributed by atoms with Crippen LogP contribution in [0.2, 0.25) is 0 Å². The van der Waals surface area contributed by atoms with Crippen LogP contribution in [-0.4, -0.2) is 37.7 Å². The van der Waals surface area contributed by atoms with Crippen LogP contribution in [-0.2, 0) is 0 Å². The van der Waals surface area contributed by atoms with E-state index in [-0.39, 0.29) is 12.4 Å². The molecule has 0 aromatic heterocycles. The zero-order valence-electron chi connectivity index (χ0n) is 11.6. The number of ether oxygens (including phenoxy) is 1. The zero-order chi connectivity index (χ0) is 14.1. The summed E-state index contributed by atoms with van der Waals surface area (Å²) in [6.07, 6.45) is 0. The summed E-state index contributed by atoms with van der Waals surface area (Å²) in [6, 6.07) is 4.35. The summed E-state index contributed by atoms with van der Waals surface area (Å²) in [5.74, 6) is 5.79. The third-order valence-electron chi connectivity index (χ3n) is 2.83. The Balaban J connectivity index is 2.68. The van der Waals surface area contributed by atoms with E-state index in [4.69, 9.17) is 10.5 Å². The van der Waals surface area contributed by atoms with Crippen molar-refractivity contribution in [2.75, 3.05) is 32.8 Å². The smallest absolute Gasteiger partial charge is 0.137 e. The Morgan fingerprint density at radius 3 is 2.68 bits per heavy atom. The molecule has 0 unspecified atom stereocenters. The lowest BCUT2D eigenvalue weighted by molar-refractivity contribution is 0.222. The highest BCUT2D eigenvalue weighted by Crippen LogP contribution is 2.19. The van der Waals surface area contributed by atoms with Crippen molar-refractivity contribution >= 4 is 0 Å². The minimum absolute atomic E-state index is 0.274. The molecule has 0 fully saturated rings. The van der Waals surface area contributed by atoms with Crippen LogP contribution >= 0.6 is 0 Å². The fourth-order valence-electron chi connectivity index (χ4n) is 1.69. The molecule has 104 valence electrons. The molecule has 2 N–H and O–H groups in total. The highest BCUT2D eigenvalue weighted by atomic mass is 19.1. The molecule has 0 spiro atoms. The predicted molar refractivity (Wildman–Crippen MR) is 75.6 cm³/mol. The van der Waals surface area contributed by atoms with Gasteiger partial charge in [0.25, 0.3) is 0 Å². The minimum Gasteiger partial charge on any atom is -0.491 e. The van der Waals surface area contributed by atoms with E-state index in [1.54, 1.807) is 6.07 Å². The van der Waals surface area contributed by atoms with E-state index in [2.05, 4.69) is 30.6 Å². The van der Waals surface area contributed by atoms with Crippen molar-refractivity contribution in [1.82, 2.24) is 4.90 Å². The molecule has 0 amide bonds. The molecule has 0 bridgehead atoms. The number of likely N-dealkylation sites (N-methyl/N-ethyl adjacent to an activating group) is 1. The summed E-state index contributed by atoms with van der Waals surface area (Å²) in [5.41, 5.74) is 6.01. The second-order valence-corrected chi connectivity index (χ2v) is 4.02. The summed E-state index contributed by atoms with van der Waals surface area (Å²) >= 11 is 0. The lowest BCUT2D eigenvalue weighted by Gasteiger charge is -2.18. The normalized spacial score (nSPS) is 10.2. The van der Waals surface area contributed by atoms with Crippen LogP contribution in [0.1, 0.15) is 19.4 Å². The number of nitrogens with two attached hydrogens (primary N) is 1. The van der Waals surface area contributed by atoms with Gasteiger partial charge in [-0.05, 0) is 25.2 Å². The van der Waals surface area contributed by atoms with Crippen LogP contribution in [0.15, 0.2) is 18.2 Å². The summed E-state index contributed by atoms with van der Waals surface area (Å²) in [6.45, 7) is 7.76. The average Bonchev–Trinajstić information content (AvgIpc) is 2.42. The van der Waals surface area contributed by atoms with Gasteiger partial charge in [0.05, 0.1) is 12.1 Å². The van der Waals surface area contributed by atoms with Crippen LogP contribution in [0, 0.1) is 17.7 Å². The van der Waals surface area contributed by atoms with Gasteiger partial charge >= 0.3 is 0 Å². The van der Waals surface area contributed by atoms with Gasteiger partial charge in [-0.3, -0.25) is 0 Å². The number of halogens is 1. The first-order chi connectivity index (χ1) is 9.21. The Morgan fingerprint density at radius 2 is 2.05 bits per heavy atom. The lowest BCUT2D eigenvalue weighted by atomic mass is 10.2. The molecule has 3 nitrogen and oxygen atoms in total. The quantitative estimate of drug-likeness (QED) is 0.797. The Bertz CT molecular complexity index is 447. The summed E-state index contributed by atoms with van der Waals surface area (Å²) in [5, 5.41) is 0. The molecule has 1 aromatic rings. The van der Waals surface area contributed by atoms with E-state index in [1.807, 2.05) is 0 Å². The molecular weight excluding hydrogens is 243 g/mol. The fourth-order valence-corrected chi connectivity index (χ4v) is 1.69. The van der Waals surface area contributed by atoms with E-state index < -0.39 is 0 Å². The number of hydrogen-bond donors (Lipinski definition) is 1. The molecule has 0 heterocycles. The largest absolute Gasteiger partial charge is 0.491 e. The highest BCUT2D eigenvalue weighted by molar-refractivity contribution is 5.46. The van der Waals surface area contributed by atoms with Gasteiger partial charge in [-0.25, -0.2) is 4.39 Å². The van der Waals surface area contributed by atoms with Crippen LogP contribution in [0.25, 0.3) is 0 Å². The molecular formula is C15H21FN2O. The van der Waals surface area contributed by atoms with Gasteiger partial charge in [0.15, 0.2) is 0 Å². The minimum atomic E-state index is -0.323. The van der Waals surface area contributed by atoms with Crippen molar-refractivity contribution in [3.05, 3.63) is 29.6 Å². The second-order valence-electron chi connectivity index (χ2n) is 4.02. The van der Waals surface area contributed by atoms with Crippen molar-refractivity contribution in [3.8, 4) is 17.6 Å². The molecule has 0 atom stereocenters. The van der Waals surface area contributed by atoms with Gasteiger partial charge < -0.3 is 15.4 Å². The first kappa shape index (κ1) is 15.5. The predicted octanol–water partition coefficient (Wildman–Crippen LogP) is 1.86. The molecule has 1 rings (SSSR count). The van der Waals surface area contributed by atoms with Gasteiger partial charge in [0.1, 0.15) is 18.2 Å². The first-order valence-corrected chi connectivity index (χ1v) is 6.54. The molecule has 0 saturated heterocycles. The maximum atomic E-state index is 13.2. The van der Waals surface area contributed by atoms with E-state index in [1.165, 1.54) is 12.1 Å². The molecule has 1 aromatic carbocycles. The standard InChI is InChI=1S/C15H21FN2O/c1-3-18(4-2)10-11-19-15-12-14(16)8-7-13(15)6-5-9-17/h7-8,12H,3-4,9-11,17H2,1-2H3. The molecule has 4 heteroatoms. The summed E-state index contributed by atoms with van der Waals surface area (Å²) in [4.78, 5) is 2.24. The van der Waals surface area contributed by atoms with Crippen molar-refractivity contribution in [2.24, 2.45) is 5.73 Å². The van der Waals surface area contributed by atoms with E-state index in [0.29, 0.717) is 17.9 Å². The first-order valence-electron chi connectivity index (χ1n) is 6.54. The van der Waals surface area contributed by atoms with E-state index in [9.17, 15) is 4.39 Å². The van der Waals surface area contributed by atoms with Crippen molar-refractivity contribution in [2.45, 2.75) is 13.8 Å². The Morgan fingerprint density at radius 1 is 1.32 bits per heavy atom. The molecule has 0 aliphatic rings. The lowest BCUT2D eigenvalue weighted by Crippen LogP contribution is -2.28. The molecule has 19 heavy (non-hydrogen) atoms. The summed E-state index contributed by atoms with van der Waals surface area (Å²) < 4.78 is 18.8. The van der Waals surface area contributed by atoms with Crippen LogP contribution in [0.3, 0.4) is 0 Å². The van der Waals surface area contributed by atoms with Gasteiger partial charge in [0.2, 0.25) is 0 Å². The average molecular weight is 264 g/mol. The zero-order valence-corrected chi connectivity index (χ0v) is 11.6. The molecule has 0 saturated carbocycles. The van der Waals surface area contributed by atoms with Crippen LogP contribution < -0.4 is 10.5 Å². The molecule has 0 radical (unpaired) electrons. The highest BCUT2D eigenvalue weighted by Gasteiger charge is 2.05. The number of nitrogens with zero attached hydrogens (tertiary/aromatic N) is 1. The topological polar surface area (TPSA) is 38.5 Å². The van der Waals surface area contributed by atoms with Crippen LogP contribution in [0.4, 0.5) is 4.39 Å². The third-order valence-corrected chi connectivity index (χ3v) is 2.83. The van der Waals surface area contributed by atoms with Crippen molar-refractivity contribution in [1.29, 1.82) is 0 Å². The fraction of sp³-hybridized carbons (Fsp3) is 0.467. The second kappa shape index (κ2) is 8.52. The van der Waals surface area contributed by atoms with E-state index in [0.717, 1.165) is 19.6 Å². The van der Waals surface area contributed by atoms with E-state index >= 15 is 0 Å². The Labute approximate surface area is 114 Å². The molecule has 0 aliphatic carbocycles. The van der Waals surface area contributed by atoms with Gasteiger partial charge in [-0.15, -0.1) is 0 Å². The maximum absolute atomic E-state index is 13.2. The SMILES string of the molecule is CCN(CC)CCOc1cc(F)ccc1C#CCN. The number of hydrogen-bond acceptors (Lipinski definition) is 3. The molecule has 0 aliphatic heterocycles. The number of rotatable bonds is 6. The Hall–Kier alpha value is -1.57. The summed E-state index contributed by atoms with van der Waals surface area (Å²) in [7, 11) is 0. The third kappa shape index (κ3) is 5.29. The maximum Gasteiger partial charge on any atom is 0.137 e. The van der Waals surface area contributed by atoms with Gasteiger partial charge in [0, 0.05) is 12.6 Å². The Kier molecular flexibility index (Phi) is 6.94. The van der Waals surface area contributed by atoms with Crippen LogP contribution in [0.5, 0.6) is 5.75 Å². The monoisotopic (exact) mass is 264 g/mol. The van der Waals surface area contributed by atoms with Crippen molar-refractivity contribution in [3.63, 3.8) is 0 Å². The van der Waals surface area contributed by atoms with Gasteiger partial charge in [-0.2, -0.15) is 0 Å². The number of benzene rings is 1.